The number of unbranched alkanes of at least 4 members (excludes halogenated alkanes) is 2. The van der Waals surface area contributed by atoms with Gasteiger partial charge in [-0.15, -0.1) is 0 Å². The van der Waals surface area contributed by atoms with Crippen molar-refractivity contribution in [1.82, 2.24) is 9.97 Å². The molecular formula is C11H20N4OS. The van der Waals surface area contributed by atoms with E-state index in [1.54, 1.807) is 13.2 Å². The van der Waals surface area contributed by atoms with Crippen molar-refractivity contribution in [1.29, 1.82) is 0 Å². The van der Waals surface area contributed by atoms with Gasteiger partial charge in [-0.2, -0.15) is 0 Å². The van der Waals surface area contributed by atoms with Gasteiger partial charge in [0.15, 0.2) is 5.16 Å². The maximum Gasteiger partial charge on any atom is 0.191 e. The number of nitrogen functional groups attached to an aromatic ring is 1. The molecule has 1 aromatic heterocycles. The van der Waals surface area contributed by atoms with Crippen LogP contribution in [0.3, 0.4) is 0 Å². The molecule has 0 fully saturated rings. The highest BCUT2D eigenvalue weighted by Gasteiger charge is 2.00. The average molecular weight is 256 g/mol. The first-order valence-electron chi connectivity index (χ1n) is 5.67. The van der Waals surface area contributed by atoms with E-state index in [1.807, 2.05) is 6.26 Å². The lowest BCUT2D eigenvalue weighted by molar-refractivity contribution is 0.192. The summed E-state index contributed by atoms with van der Waals surface area (Å²) in [7, 11) is 1.73. The number of nitrogens with two attached hydrogens (primary N) is 1. The number of methoxy groups -OCH3 is 1. The summed E-state index contributed by atoms with van der Waals surface area (Å²) in [5.41, 5.74) is 5.68. The number of anilines is 2. The summed E-state index contributed by atoms with van der Waals surface area (Å²) in [5.74, 6) is 1.31. The Hall–Kier alpha value is -1.01. The van der Waals surface area contributed by atoms with E-state index in [2.05, 4.69) is 15.3 Å². The molecule has 0 saturated carbocycles. The molecule has 0 aliphatic carbocycles. The Balaban J connectivity index is 2.28. The average Bonchev–Trinajstić information content (AvgIpc) is 2.33. The van der Waals surface area contributed by atoms with Gasteiger partial charge < -0.3 is 15.8 Å². The van der Waals surface area contributed by atoms with Gasteiger partial charge in [0.05, 0.1) is 0 Å². The summed E-state index contributed by atoms with van der Waals surface area (Å²) in [6.45, 7) is 1.73. The SMILES string of the molecule is COCCCCCNc1cc(N)nc(SC)n1. The number of thioether (sulfide) groups is 1. The normalized spacial score (nSPS) is 10.5. The molecule has 1 heterocycles. The number of hydrogen-bond acceptors (Lipinski definition) is 6. The van der Waals surface area contributed by atoms with E-state index in [0.717, 1.165) is 38.2 Å². The number of aromatic nitrogens is 2. The van der Waals surface area contributed by atoms with Crippen LogP contribution in [0.1, 0.15) is 19.3 Å². The zero-order valence-corrected chi connectivity index (χ0v) is 11.2. The maximum absolute atomic E-state index is 5.68. The van der Waals surface area contributed by atoms with Crippen LogP contribution in [0.25, 0.3) is 0 Å². The molecule has 0 amide bonds. The fourth-order valence-corrected chi connectivity index (χ4v) is 1.78. The lowest BCUT2D eigenvalue weighted by atomic mass is 10.2. The van der Waals surface area contributed by atoms with Crippen LogP contribution in [-0.2, 0) is 4.74 Å². The van der Waals surface area contributed by atoms with E-state index in [0.29, 0.717) is 11.0 Å². The Bertz CT molecular complexity index is 335. The van der Waals surface area contributed by atoms with Crippen LogP contribution in [0.4, 0.5) is 11.6 Å². The van der Waals surface area contributed by atoms with Crippen molar-refractivity contribution in [3.63, 3.8) is 0 Å². The van der Waals surface area contributed by atoms with Crippen LogP contribution in [0.2, 0.25) is 0 Å². The zero-order valence-electron chi connectivity index (χ0n) is 10.4. The fourth-order valence-electron chi connectivity index (χ4n) is 1.39. The van der Waals surface area contributed by atoms with Gasteiger partial charge in [-0.05, 0) is 25.5 Å². The predicted octanol–water partition coefficient (Wildman–Crippen LogP) is 2.01. The molecule has 0 saturated heterocycles. The Kier molecular flexibility index (Phi) is 6.73. The molecule has 0 bridgehead atoms. The monoisotopic (exact) mass is 256 g/mol. The van der Waals surface area contributed by atoms with E-state index in [9.17, 15) is 0 Å². The van der Waals surface area contributed by atoms with Crippen molar-refractivity contribution in [3.05, 3.63) is 6.07 Å². The third-order valence-electron chi connectivity index (χ3n) is 2.24. The molecule has 96 valence electrons. The Morgan fingerprint density at radius 2 is 2.18 bits per heavy atom. The van der Waals surface area contributed by atoms with Crippen molar-refractivity contribution in [2.45, 2.75) is 24.4 Å². The molecular weight excluding hydrogens is 236 g/mol. The second-order valence-corrected chi connectivity index (χ2v) is 4.42. The molecule has 0 aromatic carbocycles. The van der Waals surface area contributed by atoms with Gasteiger partial charge in [0.2, 0.25) is 0 Å². The van der Waals surface area contributed by atoms with Crippen molar-refractivity contribution >= 4 is 23.4 Å². The van der Waals surface area contributed by atoms with Crippen LogP contribution in [-0.4, -0.2) is 36.5 Å². The van der Waals surface area contributed by atoms with Crippen molar-refractivity contribution < 1.29 is 4.74 Å². The lowest BCUT2D eigenvalue weighted by Gasteiger charge is -2.07. The molecule has 0 radical (unpaired) electrons. The quantitative estimate of drug-likeness (QED) is 0.421. The fraction of sp³-hybridized carbons (Fsp3) is 0.636. The smallest absolute Gasteiger partial charge is 0.191 e. The molecule has 5 nitrogen and oxygen atoms in total. The Morgan fingerprint density at radius 1 is 1.35 bits per heavy atom. The van der Waals surface area contributed by atoms with Gasteiger partial charge in [-0.1, -0.05) is 11.8 Å². The molecule has 0 atom stereocenters. The number of nitrogens with zero attached hydrogens (tertiary/aromatic N) is 2. The second kappa shape index (κ2) is 8.14. The van der Waals surface area contributed by atoms with E-state index in [4.69, 9.17) is 10.5 Å². The largest absolute Gasteiger partial charge is 0.385 e. The minimum absolute atomic E-state index is 0.506. The summed E-state index contributed by atoms with van der Waals surface area (Å²) >= 11 is 1.49. The molecule has 6 heteroatoms. The number of hydrogen-bond donors (Lipinski definition) is 2. The summed E-state index contributed by atoms with van der Waals surface area (Å²) in [4.78, 5) is 8.42. The first kappa shape index (κ1) is 14.1. The molecule has 0 aliphatic rings. The molecule has 0 aliphatic heterocycles. The standard InChI is InChI=1S/C11H20N4OS/c1-16-7-5-3-4-6-13-10-8-9(12)14-11(15-10)17-2/h8H,3-7H2,1-2H3,(H3,12,13,14,15). The van der Waals surface area contributed by atoms with Crippen LogP contribution in [0.15, 0.2) is 11.2 Å². The number of rotatable bonds is 8. The first-order chi connectivity index (χ1) is 8.26. The number of ether oxygens (including phenoxy) is 1. The first-order valence-corrected chi connectivity index (χ1v) is 6.90. The van der Waals surface area contributed by atoms with Gasteiger partial charge in [0, 0.05) is 26.3 Å². The van der Waals surface area contributed by atoms with E-state index in [-0.39, 0.29) is 0 Å². The zero-order chi connectivity index (χ0) is 12.5. The Labute approximate surface area is 107 Å². The third kappa shape index (κ3) is 5.74. The third-order valence-corrected chi connectivity index (χ3v) is 2.79. The van der Waals surface area contributed by atoms with E-state index in [1.165, 1.54) is 11.8 Å². The summed E-state index contributed by atoms with van der Waals surface area (Å²) in [5, 5.41) is 3.95. The molecule has 1 rings (SSSR count). The maximum atomic E-state index is 5.68. The summed E-state index contributed by atoms with van der Waals surface area (Å²) < 4.78 is 4.99. The van der Waals surface area contributed by atoms with Gasteiger partial charge in [0.1, 0.15) is 11.6 Å². The van der Waals surface area contributed by atoms with Gasteiger partial charge in [-0.25, -0.2) is 9.97 Å². The van der Waals surface area contributed by atoms with Crippen molar-refractivity contribution in [3.8, 4) is 0 Å². The number of nitrogens with one attached hydrogen (secondary N) is 1. The summed E-state index contributed by atoms with van der Waals surface area (Å²) in [6.07, 6.45) is 5.28. The molecule has 0 unspecified atom stereocenters. The van der Waals surface area contributed by atoms with Crippen LogP contribution >= 0.6 is 11.8 Å². The van der Waals surface area contributed by atoms with E-state index >= 15 is 0 Å². The van der Waals surface area contributed by atoms with Crippen LogP contribution in [0.5, 0.6) is 0 Å². The predicted molar refractivity (Wildman–Crippen MR) is 72.4 cm³/mol. The minimum atomic E-state index is 0.506. The summed E-state index contributed by atoms with van der Waals surface area (Å²) in [6, 6.07) is 1.76. The van der Waals surface area contributed by atoms with Crippen LogP contribution in [0, 0.1) is 0 Å². The molecule has 1 aromatic rings. The highest BCUT2D eigenvalue weighted by Crippen LogP contribution is 2.15. The lowest BCUT2D eigenvalue weighted by Crippen LogP contribution is -2.06. The highest BCUT2D eigenvalue weighted by atomic mass is 32.2. The van der Waals surface area contributed by atoms with Crippen molar-refractivity contribution in [2.24, 2.45) is 0 Å². The van der Waals surface area contributed by atoms with Crippen molar-refractivity contribution in [2.75, 3.05) is 37.6 Å². The molecule has 3 N–H and O–H groups in total. The van der Waals surface area contributed by atoms with Gasteiger partial charge >= 0.3 is 0 Å². The molecule has 17 heavy (non-hydrogen) atoms. The topological polar surface area (TPSA) is 73.1 Å². The minimum Gasteiger partial charge on any atom is -0.385 e. The second-order valence-electron chi connectivity index (χ2n) is 3.64. The van der Waals surface area contributed by atoms with E-state index < -0.39 is 0 Å². The van der Waals surface area contributed by atoms with Crippen LogP contribution < -0.4 is 11.1 Å². The Morgan fingerprint density at radius 3 is 2.88 bits per heavy atom. The van der Waals surface area contributed by atoms with Gasteiger partial charge in [-0.3, -0.25) is 0 Å². The van der Waals surface area contributed by atoms with Gasteiger partial charge in [0.25, 0.3) is 0 Å². The highest BCUT2D eigenvalue weighted by molar-refractivity contribution is 7.98. The molecule has 0 spiro atoms.